The van der Waals surface area contributed by atoms with E-state index in [9.17, 15) is 19.9 Å². The number of carboxylic acid groups (broad SMARTS) is 1. The van der Waals surface area contributed by atoms with Gasteiger partial charge in [0.15, 0.2) is 0 Å². The van der Waals surface area contributed by atoms with E-state index >= 15 is 0 Å². The summed E-state index contributed by atoms with van der Waals surface area (Å²) < 4.78 is 0. The van der Waals surface area contributed by atoms with Crippen molar-refractivity contribution in [1.82, 2.24) is 10.3 Å². The summed E-state index contributed by atoms with van der Waals surface area (Å²) in [5.74, 6) is -1.29. The molecular weight excluding hydrogens is 466 g/mol. The molecule has 1 aliphatic rings. The molecule has 3 N–H and O–H groups in total. The molecule has 0 spiro atoms. The number of hydrogen-bond donors (Lipinski definition) is 3. The second-order valence-electron chi connectivity index (χ2n) is 9.83. The predicted octanol–water partition coefficient (Wildman–Crippen LogP) is 5.47. The maximum Gasteiger partial charge on any atom is 0.306 e. The molecule has 1 aliphatic carbocycles. The molecule has 1 fully saturated rings. The summed E-state index contributed by atoms with van der Waals surface area (Å²) in [4.78, 5) is 28.3. The third-order valence-electron chi connectivity index (χ3n) is 7.30. The highest BCUT2D eigenvalue weighted by Gasteiger charge is 2.27. The molecule has 0 radical (unpaired) electrons. The minimum Gasteiger partial charge on any atom is -0.481 e. The Labute approximate surface area is 217 Å². The van der Waals surface area contributed by atoms with Crippen molar-refractivity contribution in [3.05, 3.63) is 100 Å². The molecule has 4 rings (SSSR count). The first-order valence-electron chi connectivity index (χ1n) is 12.7. The maximum atomic E-state index is 12.9. The first-order chi connectivity index (χ1) is 17.9. The molecule has 0 unspecified atom stereocenters. The smallest absolute Gasteiger partial charge is 0.306 e. The SMILES string of the molecule is Cc1cc(/C(C[C@H](c2ccc(C(=O)NC3CCC(C(=O)O)CC3)cc2)c2ccccc2C)=N\O)ccn1. The van der Waals surface area contributed by atoms with Crippen molar-refractivity contribution in [3.8, 4) is 0 Å². The van der Waals surface area contributed by atoms with Crippen molar-refractivity contribution >= 4 is 17.6 Å². The lowest BCUT2D eigenvalue weighted by atomic mass is 9.83. The maximum absolute atomic E-state index is 12.9. The van der Waals surface area contributed by atoms with Crippen LogP contribution in [0.15, 0.2) is 72.0 Å². The highest BCUT2D eigenvalue weighted by atomic mass is 16.4. The van der Waals surface area contributed by atoms with E-state index < -0.39 is 5.97 Å². The van der Waals surface area contributed by atoms with Crippen LogP contribution >= 0.6 is 0 Å². The molecule has 1 heterocycles. The Balaban J connectivity index is 1.54. The number of hydrogen-bond acceptors (Lipinski definition) is 5. The Hall–Kier alpha value is -4.00. The number of nitrogens with zero attached hydrogens (tertiary/aromatic N) is 2. The van der Waals surface area contributed by atoms with E-state index in [0.29, 0.717) is 43.4 Å². The monoisotopic (exact) mass is 499 g/mol. The van der Waals surface area contributed by atoms with Gasteiger partial charge in [-0.1, -0.05) is 41.6 Å². The first kappa shape index (κ1) is 26.1. The zero-order valence-corrected chi connectivity index (χ0v) is 21.2. The number of carbonyl (C=O) groups is 2. The average Bonchev–Trinajstić information content (AvgIpc) is 2.90. The Bertz CT molecular complexity index is 1280. The number of amides is 1. The Morgan fingerprint density at radius 2 is 1.70 bits per heavy atom. The minimum absolute atomic E-state index is 0.00497. The molecule has 37 heavy (non-hydrogen) atoms. The van der Waals surface area contributed by atoms with Crippen molar-refractivity contribution in [2.75, 3.05) is 0 Å². The van der Waals surface area contributed by atoms with Crippen LogP contribution in [0.4, 0.5) is 0 Å². The van der Waals surface area contributed by atoms with Crippen LogP contribution in [-0.2, 0) is 4.79 Å². The molecule has 0 aliphatic heterocycles. The van der Waals surface area contributed by atoms with Gasteiger partial charge in [0, 0.05) is 41.4 Å². The summed E-state index contributed by atoms with van der Waals surface area (Å²) in [5.41, 5.74) is 6.07. The van der Waals surface area contributed by atoms with Crippen LogP contribution in [0.3, 0.4) is 0 Å². The average molecular weight is 500 g/mol. The summed E-state index contributed by atoms with van der Waals surface area (Å²) >= 11 is 0. The summed E-state index contributed by atoms with van der Waals surface area (Å²) in [5, 5.41) is 25.8. The van der Waals surface area contributed by atoms with Crippen LogP contribution in [0.1, 0.15) is 76.3 Å². The number of carboxylic acids is 1. The lowest BCUT2D eigenvalue weighted by molar-refractivity contribution is -0.142. The predicted molar refractivity (Wildman–Crippen MR) is 142 cm³/mol. The fourth-order valence-electron chi connectivity index (χ4n) is 5.14. The standard InChI is InChI=1S/C30H33N3O4/c1-19-5-3-4-6-26(19)27(18-28(33-37)24-15-16-31-20(2)17-24)21-7-9-22(10-8-21)29(34)32-25-13-11-23(12-14-25)30(35)36/h3-10,15-17,23,25,27,37H,11-14,18H2,1-2H3,(H,32,34)(H,35,36)/b33-28-/t23?,25?,27-/m1/s1. The van der Waals surface area contributed by atoms with Crippen molar-refractivity contribution < 1.29 is 19.9 Å². The molecule has 1 amide bonds. The Kier molecular flexibility index (Phi) is 8.33. The number of pyridine rings is 1. The zero-order valence-electron chi connectivity index (χ0n) is 21.2. The largest absolute Gasteiger partial charge is 0.481 e. The van der Waals surface area contributed by atoms with Gasteiger partial charge in [0.1, 0.15) is 0 Å². The Morgan fingerprint density at radius 1 is 1.00 bits per heavy atom. The summed E-state index contributed by atoms with van der Waals surface area (Å²) in [6.45, 7) is 3.97. The van der Waals surface area contributed by atoms with E-state index in [0.717, 1.165) is 27.9 Å². The number of aryl methyl sites for hydroxylation is 2. The highest BCUT2D eigenvalue weighted by Crippen LogP contribution is 2.32. The lowest BCUT2D eigenvalue weighted by Crippen LogP contribution is -2.38. The van der Waals surface area contributed by atoms with Gasteiger partial charge in [-0.05, 0) is 80.5 Å². The van der Waals surface area contributed by atoms with Gasteiger partial charge < -0.3 is 15.6 Å². The lowest BCUT2D eigenvalue weighted by Gasteiger charge is -2.27. The van der Waals surface area contributed by atoms with Crippen LogP contribution in [0.2, 0.25) is 0 Å². The Morgan fingerprint density at radius 3 is 2.32 bits per heavy atom. The van der Waals surface area contributed by atoms with Crippen LogP contribution < -0.4 is 5.32 Å². The second kappa shape index (κ2) is 11.8. The van der Waals surface area contributed by atoms with E-state index in [2.05, 4.69) is 34.5 Å². The number of benzene rings is 2. The number of aromatic nitrogens is 1. The van der Waals surface area contributed by atoms with Crippen LogP contribution in [0.25, 0.3) is 0 Å². The first-order valence-corrected chi connectivity index (χ1v) is 12.7. The van der Waals surface area contributed by atoms with Gasteiger partial charge in [0.25, 0.3) is 5.91 Å². The molecule has 0 saturated heterocycles. The molecule has 7 heteroatoms. The summed E-state index contributed by atoms with van der Waals surface area (Å²) in [6, 6.07) is 19.5. The van der Waals surface area contributed by atoms with E-state index in [4.69, 9.17) is 0 Å². The third-order valence-corrected chi connectivity index (χ3v) is 7.30. The molecule has 0 bridgehead atoms. The summed E-state index contributed by atoms with van der Waals surface area (Å²) in [6.07, 6.45) is 4.71. The highest BCUT2D eigenvalue weighted by molar-refractivity contribution is 6.01. The molecule has 1 saturated carbocycles. The number of carbonyl (C=O) groups excluding carboxylic acids is 1. The molecular formula is C30H33N3O4. The quantitative estimate of drug-likeness (QED) is 0.216. The van der Waals surface area contributed by atoms with E-state index in [1.807, 2.05) is 55.5 Å². The number of nitrogens with one attached hydrogen (secondary N) is 1. The van der Waals surface area contributed by atoms with Gasteiger partial charge in [-0.25, -0.2) is 0 Å². The molecule has 1 atom stereocenters. The van der Waals surface area contributed by atoms with E-state index in [1.54, 1.807) is 6.20 Å². The van der Waals surface area contributed by atoms with Crippen molar-refractivity contribution in [2.24, 2.45) is 11.1 Å². The third kappa shape index (κ3) is 6.42. The van der Waals surface area contributed by atoms with Gasteiger partial charge in [-0.15, -0.1) is 0 Å². The molecule has 7 nitrogen and oxygen atoms in total. The van der Waals surface area contributed by atoms with Crippen LogP contribution in [0, 0.1) is 19.8 Å². The van der Waals surface area contributed by atoms with Gasteiger partial charge in [0.05, 0.1) is 11.6 Å². The zero-order chi connectivity index (χ0) is 26.4. The van der Waals surface area contributed by atoms with Crippen molar-refractivity contribution in [2.45, 2.75) is 57.9 Å². The normalized spacial score (nSPS) is 18.7. The fraction of sp³-hybridized carbons (Fsp3) is 0.333. The van der Waals surface area contributed by atoms with Gasteiger partial charge in [-0.2, -0.15) is 0 Å². The van der Waals surface area contributed by atoms with Crippen LogP contribution in [-0.4, -0.2) is 38.9 Å². The van der Waals surface area contributed by atoms with Crippen molar-refractivity contribution in [3.63, 3.8) is 0 Å². The van der Waals surface area contributed by atoms with E-state index in [-0.39, 0.29) is 23.8 Å². The second-order valence-corrected chi connectivity index (χ2v) is 9.83. The molecule has 192 valence electrons. The number of oxime groups is 1. The molecule has 2 aromatic carbocycles. The fourth-order valence-corrected chi connectivity index (χ4v) is 5.14. The molecule has 3 aromatic rings. The number of aliphatic carboxylic acids is 1. The topological polar surface area (TPSA) is 112 Å². The van der Waals surface area contributed by atoms with Gasteiger partial charge in [-0.3, -0.25) is 14.6 Å². The van der Waals surface area contributed by atoms with E-state index in [1.165, 1.54) is 0 Å². The minimum atomic E-state index is -0.753. The van der Waals surface area contributed by atoms with Gasteiger partial charge in [0.2, 0.25) is 0 Å². The molecule has 1 aromatic heterocycles. The number of rotatable bonds is 8. The summed E-state index contributed by atoms with van der Waals surface area (Å²) in [7, 11) is 0. The van der Waals surface area contributed by atoms with Crippen LogP contribution in [0.5, 0.6) is 0 Å². The van der Waals surface area contributed by atoms with Crippen molar-refractivity contribution in [1.29, 1.82) is 0 Å². The van der Waals surface area contributed by atoms with Gasteiger partial charge >= 0.3 is 5.97 Å².